The van der Waals surface area contributed by atoms with Crippen LogP contribution in [0.2, 0.25) is 0 Å². The van der Waals surface area contributed by atoms with Crippen molar-refractivity contribution in [3.8, 4) is 0 Å². The van der Waals surface area contributed by atoms with Gasteiger partial charge >= 0.3 is 0 Å². The van der Waals surface area contributed by atoms with Crippen LogP contribution in [0.1, 0.15) is 31.8 Å². The smallest absolute Gasteiger partial charge is 0.197 e. The van der Waals surface area contributed by atoms with E-state index in [9.17, 15) is 14.7 Å². The van der Waals surface area contributed by atoms with Crippen LogP contribution in [0.4, 0.5) is 0 Å². The quantitative estimate of drug-likeness (QED) is 0.184. The van der Waals surface area contributed by atoms with Gasteiger partial charge in [0.05, 0.1) is 5.57 Å². The number of Topliss-reactive ketones (excluding diaryl/α,β-unsaturated/α-hetero) is 2. The van der Waals surface area contributed by atoms with Crippen molar-refractivity contribution in [2.45, 2.75) is 0 Å². The van der Waals surface area contributed by atoms with Gasteiger partial charge in [0, 0.05) is 22.3 Å². The maximum absolute atomic E-state index is 12.8. The summed E-state index contributed by atoms with van der Waals surface area (Å²) >= 11 is 0. The SMILES string of the molecule is C=C1C(/C=C/C=C/C=C/C=C2C(=O)c3cc4ccccc4cc3C2=O)=C(O)c2cc3ccccc3cc21. The molecule has 0 aliphatic heterocycles. The molecule has 0 unspecified atom stereocenters. The molecular formula is C34H22O3. The molecule has 0 fully saturated rings. The number of ketones is 2. The molecule has 4 aromatic carbocycles. The van der Waals surface area contributed by atoms with E-state index in [0.29, 0.717) is 16.7 Å². The summed E-state index contributed by atoms with van der Waals surface area (Å²) in [5, 5.41) is 14.8. The van der Waals surface area contributed by atoms with E-state index in [2.05, 4.69) is 12.6 Å². The lowest BCUT2D eigenvalue weighted by Crippen LogP contribution is -1.99. The first-order chi connectivity index (χ1) is 18.0. The number of hydrogen-bond donors (Lipinski definition) is 1. The summed E-state index contributed by atoms with van der Waals surface area (Å²) in [6, 6.07) is 23.4. The van der Waals surface area contributed by atoms with Gasteiger partial charge in [0.2, 0.25) is 0 Å². The molecule has 3 nitrogen and oxygen atoms in total. The average Bonchev–Trinajstić information content (AvgIpc) is 3.29. The fourth-order valence-corrected chi connectivity index (χ4v) is 4.96. The number of aliphatic hydroxyl groups is 1. The fourth-order valence-electron chi connectivity index (χ4n) is 4.96. The summed E-state index contributed by atoms with van der Waals surface area (Å²) in [7, 11) is 0. The van der Waals surface area contributed by atoms with Crippen LogP contribution in [0.25, 0.3) is 32.9 Å². The first kappa shape index (κ1) is 22.4. The van der Waals surface area contributed by atoms with Crippen LogP contribution in [0.5, 0.6) is 0 Å². The summed E-state index contributed by atoms with van der Waals surface area (Å²) in [4.78, 5) is 25.6. The van der Waals surface area contributed by atoms with E-state index >= 15 is 0 Å². The second-order valence-corrected chi connectivity index (χ2v) is 9.10. The van der Waals surface area contributed by atoms with Gasteiger partial charge in [0.1, 0.15) is 5.76 Å². The highest BCUT2D eigenvalue weighted by atomic mass is 16.3. The number of benzene rings is 4. The molecule has 0 saturated carbocycles. The molecule has 2 aliphatic rings. The van der Waals surface area contributed by atoms with Crippen LogP contribution in [0, 0.1) is 0 Å². The summed E-state index contributed by atoms with van der Waals surface area (Å²) < 4.78 is 0. The van der Waals surface area contributed by atoms with Gasteiger partial charge in [-0.3, -0.25) is 9.59 Å². The van der Waals surface area contributed by atoms with Crippen LogP contribution in [0.3, 0.4) is 0 Å². The lowest BCUT2D eigenvalue weighted by atomic mass is 10.00. The van der Waals surface area contributed by atoms with Crippen molar-refractivity contribution in [2.75, 3.05) is 0 Å². The van der Waals surface area contributed by atoms with Crippen LogP contribution in [-0.4, -0.2) is 16.7 Å². The molecule has 0 amide bonds. The minimum atomic E-state index is -0.242. The van der Waals surface area contributed by atoms with Crippen LogP contribution in [0.15, 0.2) is 133 Å². The van der Waals surface area contributed by atoms with Crippen molar-refractivity contribution in [3.63, 3.8) is 0 Å². The molecule has 0 bridgehead atoms. The highest BCUT2D eigenvalue weighted by molar-refractivity contribution is 6.40. The Morgan fingerprint density at radius 1 is 0.595 bits per heavy atom. The van der Waals surface area contributed by atoms with E-state index in [1.807, 2.05) is 72.8 Å². The third-order valence-electron chi connectivity index (χ3n) is 6.88. The van der Waals surface area contributed by atoms with Crippen LogP contribution < -0.4 is 0 Å². The van der Waals surface area contributed by atoms with E-state index in [1.54, 1.807) is 36.4 Å². The van der Waals surface area contributed by atoms with E-state index in [0.717, 1.165) is 38.2 Å². The molecule has 0 saturated heterocycles. The number of allylic oxidation sites excluding steroid dienone is 10. The third-order valence-corrected chi connectivity index (χ3v) is 6.88. The van der Waals surface area contributed by atoms with Gasteiger partial charge in [-0.05, 0) is 63.0 Å². The molecule has 6 rings (SSSR count). The van der Waals surface area contributed by atoms with Crippen LogP contribution >= 0.6 is 0 Å². The first-order valence-corrected chi connectivity index (χ1v) is 12.0. The predicted octanol–water partition coefficient (Wildman–Crippen LogP) is 7.96. The van der Waals surface area contributed by atoms with Gasteiger partial charge in [-0.15, -0.1) is 0 Å². The summed E-state index contributed by atoms with van der Waals surface area (Å²) in [5.74, 6) is -0.261. The van der Waals surface area contributed by atoms with E-state index in [1.165, 1.54) is 0 Å². The number of carbonyl (C=O) groups is 2. The topological polar surface area (TPSA) is 54.4 Å². The van der Waals surface area contributed by atoms with Gasteiger partial charge in [-0.2, -0.15) is 0 Å². The minimum absolute atomic E-state index is 0.174. The molecule has 1 N–H and O–H groups in total. The van der Waals surface area contributed by atoms with Crippen molar-refractivity contribution in [2.24, 2.45) is 0 Å². The Hall–Kier alpha value is -5.02. The molecule has 176 valence electrons. The van der Waals surface area contributed by atoms with Crippen molar-refractivity contribution < 1.29 is 14.7 Å². The third kappa shape index (κ3) is 3.78. The highest BCUT2D eigenvalue weighted by Crippen LogP contribution is 2.41. The largest absolute Gasteiger partial charge is 0.507 e. The molecule has 0 atom stereocenters. The van der Waals surface area contributed by atoms with Gasteiger partial charge in [-0.1, -0.05) is 91.6 Å². The molecule has 0 aromatic heterocycles. The monoisotopic (exact) mass is 478 g/mol. The zero-order chi connectivity index (χ0) is 25.5. The second kappa shape index (κ2) is 8.89. The fraction of sp³-hybridized carbons (Fsp3) is 0. The number of fused-ring (bicyclic) bond motifs is 4. The van der Waals surface area contributed by atoms with E-state index in [4.69, 9.17) is 0 Å². The Morgan fingerprint density at radius 2 is 1.05 bits per heavy atom. The highest BCUT2D eigenvalue weighted by Gasteiger charge is 2.32. The molecule has 3 heteroatoms. The summed E-state index contributed by atoms with van der Waals surface area (Å²) in [6.07, 6.45) is 12.3. The molecular weight excluding hydrogens is 456 g/mol. The summed E-state index contributed by atoms with van der Waals surface area (Å²) in [6.45, 7) is 4.18. The van der Waals surface area contributed by atoms with Gasteiger partial charge in [0.15, 0.2) is 11.6 Å². The van der Waals surface area contributed by atoms with Crippen LogP contribution in [-0.2, 0) is 0 Å². The Labute approximate surface area is 214 Å². The molecule has 0 heterocycles. The maximum Gasteiger partial charge on any atom is 0.197 e. The lowest BCUT2D eigenvalue weighted by molar-refractivity contribution is 0.0989. The Morgan fingerprint density at radius 3 is 1.62 bits per heavy atom. The van der Waals surface area contributed by atoms with Crippen molar-refractivity contribution in [1.29, 1.82) is 0 Å². The second-order valence-electron chi connectivity index (χ2n) is 9.10. The Kier molecular flexibility index (Phi) is 5.39. The minimum Gasteiger partial charge on any atom is -0.507 e. The summed E-state index contributed by atoms with van der Waals surface area (Å²) in [5.41, 5.74) is 4.29. The standard InChI is InChI=1S/C34H22O3/c1-21-26(32(35)29-18-23-12-8-7-11-22(23)17-28(21)29)15-5-3-2-4-6-16-27-33(36)30-19-24-13-9-10-14-25(24)20-31(30)34(27)37/h2-20,35H,1H2/b3-2+,6-4+,15-5+. The molecule has 37 heavy (non-hydrogen) atoms. The number of rotatable bonds is 4. The Bertz CT molecular complexity index is 1770. The molecule has 4 aromatic rings. The maximum atomic E-state index is 12.8. The zero-order valence-corrected chi connectivity index (χ0v) is 19.9. The number of aliphatic hydroxyl groups excluding tert-OH is 1. The number of carbonyl (C=O) groups excluding carboxylic acids is 2. The van der Waals surface area contributed by atoms with E-state index in [-0.39, 0.29) is 22.9 Å². The molecule has 0 radical (unpaired) electrons. The normalized spacial score (nSPS) is 15.4. The molecule has 0 spiro atoms. The van der Waals surface area contributed by atoms with Crippen molar-refractivity contribution in [3.05, 3.63) is 155 Å². The Balaban J connectivity index is 1.16. The van der Waals surface area contributed by atoms with Gasteiger partial charge in [0.25, 0.3) is 0 Å². The van der Waals surface area contributed by atoms with E-state index < -0.39 is 0 Å². The van der Waals surface area contributed by atoms with Crippen molar-refractivity contribution >= 4 is 44.4 Å². The first-order valence-electron chi connectivity index (χ1n) is 12.0. The van der Waals surface area contributed by atoms with Gasteiger partial charge < -0.3 is 5.11 Å². The zero-order valence-electron chi connectivity index (χ0n) is 19.9. The van der Waals surface area contributed by atoms with Gasteiger partial charge in [-0.25, -0.2) is 0 Å². The average molecular weight is 479 g/mol. The van der Waals surface area contributed by atoms with Crippen molar-refractivity contribution in [1.82, 2.24) is 0 Å². The number of hydrogen-bond acceptors (Lipinski definition) is 3. The predicted molar refractivity (Wildman–Crippen MR) is 151 cm³/mol. The lowest BCUT2D eigenvalue weighted by Gasteiger charge is -2.04. The molecule has 2 aliphatic carbocycles.